The van der Waals surface area contributed by atoms with Gasteiger partial charge in [0.2, 0.25) is 0 Å². The van der Waals surface area contributed by atoms with Gasteiger partial charge in [-0.1, -0.05) is 0 Å². The van der Waals surface area contributed by atoms with Crippen molar-refractivity contribution in [2.75, 3.05) is 23.3 Å². The lowest BCUT2D eigenvalue weighted by atomic mass is 10.1. The molecule has 2 aliphatic rings. The molecule has 92 valence electrons. The van der Waals surface area contributed by atoms with Crippen LogP contribution >= 0.6 is 0 Å². The molecule has 0 bridgehead atoms. The van der Waals surface area contributed by atoms with E-state index in [-0.39, 0.29) is 0 Å². The number of alkyl halides is 3. The van der Waals surface area contributed by atoms with E-state index in [1.807, 2.05) is 0 Å². The Morgan fingerprint density at radius 1 is 1.24 bits per heavy atom. The zero-order valence-electron chi connectivity index (χ0n) is 9.22. The normalized spacial score (nSPS) is 19.8. The van der Waals surface area contributed by atoms with Crippen molar-refractivity contribution in [1.82, 2.24) is 0 Å². The van der Waals surface area contributed by atoms with Crippen molar-refractivity contribution in [1.29, 1.82) is 0 Å². The fourth-order valence-corrected chi connectivity index (χ4v) is 2.30. The standard InChI is InChI=1S/C12H13F3N2/c13-12(14,15)8-1-4-11-10(7-8)16-5-6-17(11)9-2-3-9/h1,4,7,9,16H,2-3,5-6H2. The lowest BCUT2D eigenvalue weighted by molar-refractivity contribution is -0.137. The highest BCUT2D eigenvalue weighted by molar-refractivity contribution is 5.74. The summed E-state index contributed by atoms with van der Waals surface area (Å²) in [6, 6.07) is 4.50. The Morgan fingerprint density at radius 2 is 2.00 bits per heavy atom. The van der Waals surface area contributed by atoms with Gasteiger partial charge >= 0.3 is 6.18 Å². The Balaban J connectivity index is 1.97. The number of anilines is 2. The molecular formula is C12H13F3N2. The fraction of sp³-hybridized carbons (Fsp3) is 0.500. The van der Waals surface area contributed by atoms with Gasteiger partial charge in [0, 0.05) is 19.1 Å². The molecule has 0 saturated heterocycles. The maximum absolute atomic E-state index is 12.6. The van der Waals surface area contributed by atoms with E-state index in [9.17, 15) is 13.2 Å². The average Bonchev–Trinajstić information content (AvgIpc) is 3.10. The molecule has 5 heteroatoms. The lowest BCUT2D eigenvalue weighted by Gasteiger charge is -2.32. The van der Waals surface area contributed by atoms with Crippen LogP contribution in [0.15, 0.2) is 18.2 Å². The fourth-order valence-electron chi connectivity index (χ4n) is 2.30. The van der Waals surface area contributed by atoms with Crippen molar-refractivity contribution in [3.63, 3.8) is 0 Å². The number of rotatable bonds is 1. The van der Waals surface area contributed by atoms with E-state index in [1.165, 1.54) is 12.1 Å². The molecule has 1 heterocycles. The first-order valence-corrected chi connectivity index (χ1v) is 5.77. The number of nitrogens with one attached hydrogen (secondary N) is 1. The van der Waals surface area contributed by atoms with E-state index >= 15 is 0 Å². The summed E-state index contributed by atoms with van der Waals surface area (Å²) in [5.74, 6) is 0. The zero-order chi connectivity index (χ0) is 12.0. The summed E-state index contributed by atoms with van der Waals surface area (Å²) < 4.78 is 37.8. The van der Waals surface area contributed by atoms with E-state index in [4.69, 9.17) is 0 Å². The van der Waals surface area contributed by atoms with Gasteiger partial charge in [0.15, 0.2) is 0 Å². The first-order valence-electron chi connectivity index (χ1n) is 5.77. The van der Waals surface area contributed by atoms with Crippen molar-refractivity contribution >= 4 is 11.4 Å². The average molecular weight is 242 g/mol. The minimum atomic E-state index is -4.27. The van der Waals surface area contributed by atoms with Gasteiger partial charge in [-0.3, -0.25) is 0 Å². The van der Waals surface area contributed by atoms with Crippen LogP contribution in [0, 0.1) is 0 Å². The van der Waals surface area contributed by atoms with Crippen LogP contribution in [0.2, 0.25) is 0 Å². The number of benzene rings is 1. The Kier molecular flexibility index (Phi) is 2.24. The summed E-state index contributed by atoms with van der Waals surface area (Å²) in [7, 11) is 0. The molecule has 1 N–H and O–H groups in total. The highest BCUT2D eigenvalue weighted by Crippen LogP contribution is 2.40. The van der Waals surface area contributed by atoms with E-state index < -0.39 is 11.7 Å². The molecule has 1 saturated carbocycles. The number of hydrogen-bond donors (Lipinski definition) is 1. The van der Waals surface area contributed by atoms with E-state index in [0.717, 1.165) is 25.1 Å². The van der Waals surface area contributed by atoms with E-state index in [0.29, 0.717) is 18.3 Å². The van der Waals surface area contributed by atoms with Gasteiger partial charge in [0.05, 0.1) is 16.9 Å². The molecule has 0 amide bonds. The smallest absolute Gasteiger partial charge is 0.382 e. The van der Waals surface area contributed by atoms with Crippen LogP contribution in [0.3, 0.4) is 0 Å². The lowest BCUT2D eigenvalue weighted by Crippen LogP contribution is -2.35. The Morgan fingerprint density at radius 3 is 2.65 bits per heavy atom. The van der Waals surface area contributed by atoms with Crippen LogP contribution in [0.4, 0.5) is 24.5 Å². The molecule has 0 atom stereocenters. The second-order valence-corrected chi connectivity index (χ2v) is 4.58. The maximum atomic E-state index is 12.6. The summed E-state index contributed by atoms with van der Waals surface area (Å²) in [5.41, 5.74) is 0.936. The van der Waals surface area contributed by atoms with Crippen molar-refractivity contribution in [2.45, 2.75) is 25.1 Å². The SMILES string of the molecule is FC(F)(F)c1ccc2c(c1)NCCN2C1CC1. The van der Waals surface area contributed by atoms with E-state index in [2.05, 4.69) is 10.2 Å². The Hall–Kier alpha value is -1.39. The highest BCUT2D eigenvalue weighted by Gasteiger charge is 2.35. The predicted molar refractivity (Wildman–Crippen MR) is 60.3 cm³/mol. The molecule has 1 aromatic carbocycles. The third-order valence-electron chi connectivity index (χ3n) is 3.29. The van der Waals surface area contributed by atoms with Crippen LogP contribution < -0.4 is 10.2 Å². The second kappa shape index (κ2) is 3.55. The molecule has 0 radical (unpaired) electrons. The number of hydrogen-bond acceptors (Lipinski definition) is 2. The largest absolute Gasteiger partial charge is 0.416 e. The molecule has 0 unspecified atom stereocenters. The topological polar surface area (TPSA) is 15.3 Å². The quantitative estimate of drug-likeness (QED) is 0.814. The van der Waals surface area contributed by atoms with Gasteiger partial charge in [-0.25, -0.2) is 0 Å². The van der Waals surface area contributed by atoms with Crippen LogP contribution in [-0.2, 0) is 6.18 Å². The number of halogens is 3. The number of fused-ring (bicyclic) bond motifs is 1. The Labute approximate surface area is 97.4 Å². The maximum Gasteiger partial charge on any atom is 0.416 e. The van der Waals surface area contributed by atoms with Gasteiger partial charge in [0.1, 0.15) is 0 Å². The summed E-state index contributed by atoms with van der Waals surface area (Å²) in [5, 5.41) is 3.05. The summed E-state index contributed by atoms with van der Waals surface area (Å²) in [6.45, 7) is 1.59. The van der Waals surface area contributed by atoms with Crippen LogP contribution in [0.25, 0.3) is 0 Å². The molecule has 0 spiro atoms. The molecule has 2 nitrogen and oxygen atoms in total. The van der Waals surface area contributed by atoms with Crippen LogP contribution in [-0.4, -0.2) is 19.1 Å². The van der Waals surface area contributed by atoms with Gasteiger partial charge in [0.25, 0.3) is 0 Å². The predicted octanol–water partition coefficient (Wildman–Crippen LogP) is 3.10. The van der Waals surface area contributed by atoms with Crippen molar-refractivity contribution in [3.8, 4) is 0 Å². The first-order chi connectivity index (χ1) is 8.05. The molecule has 1 aromatic rings. The van der Waals surface area contributed by atoms with Gasteiger partial charge in [-0.2, -0.15) is 13.2 Å². The van der Waals surface area contributed by atoms with Crippen LogP contribution in [0.5, 0.6) is 0 Å². The second-order valence-electron chi connectivity index (χ2n) is 4.58. The molecule has 1 aliphatic heterocycles. The molecule has 17 heavy (non-hydrogen) atoms. The monoisotopic (exact) mass is 242 g/mol. The highest BCUT2D eigenvalue weighted by atomic mass is 19.4. The molecule has 1 aliphatic carbocycles. The summed E-state index contributed by atoms with van der Waals surface area (Å²) >= 11 is 0. The van der Waals surface area contributed by atoms with Gasteiger partial charge < -0.3 is 10.2 Å². The Bertz CT molecular complexity index is 438. The van der Waals surface area contributed by atoms with Crippen molar-refractivity contribution in [3.05, 3.63) is 23.8 Å². The minimum absolute atomic E-state index is 0.535. The van der Waals surface area contributed by atoms with Crippen molar-refractivity contribution < 1.29 is 13.2 Å². The van der Waals surface area contributed by atoms with Crippen LogP contribution in [0.1, 0.15) is 18.4 Å². The molecule has 1 fully saturated rings. The summed E-state index contributed by atoms with van der Waals surface area (Å²) in [4.78, 5) is 2.21. The third kappa shape index (κ3) is 1.94. The van der Waals surface area contributed by atoms with Gasteiger partial charge in [-0.05, 0) is 31.0 Å². The molecular weight excluding hydrogens is 229 g/mol. The molecule has 3 rings (SSSR count). The third-order valence-corrected chi connectivity index (χ3v) is 3.29. The van der Waals surface area contributed by atoms with Gasteiger partial charge in [-0.15, -0.1) is 0 Å². The molecule has 0 aromatic heterocycles. The summed E-state index contributed by atoms with van der Waals surface area (Å²) in [6.07, 6.45) is -1.96. The zero-order valence-corrected chi connectivity index (χ0v) is 9.22. The van der Waals surface area contributed by atoms with E-state index in [1.54, 1.807) is 6.07 Å². The minimum Gasteiger partial charge on any atom is -0.382 e. The number of nitrogens with zero attached hydrogens (tertiary/aromatic N) is 1. The first kappa shape index (κ1) is 10.7. The van der Waals surface area contributed by atoms with Crippen molar-refractivity contribution in [2.24, 2.45) is 0 Å².